The maximum absolute atomic E-state index is 13.0. The maximum Gasteiger partial charge on any atom is 0.337 e. The zero-order chi connectivity index (χ0) is 27.4. The number of halogens is 1. The molecule has 0 aliphatic heterocycles. The maximum atomic E-state index is 13.0. The molecule has 2 N–H and O–H groups in total. The topological polar surface area (TPSA) is 128 Å². The quantitative estimate of drug-likeness (QED) is 0.311. The Hall–Kier alpha value is -3.89. The monoisotopic (exact) mass is 544 g/mol. The average Bonchev–Trinajstić information content (AvgIpc) is 2.84. The van der Waals surface area contributed by atoms with E-state index in [0.29, 0.717) is 11.3 Å². The number of hydrogen-bond donors (Lipinski definition) is 2. The van der Waals surface area contributed by atoms with Crippen LogP contribution in [0.4, 0.5) is 11.4 Å². The molecule has 0 saturated carbocycles. The van der Waals surface area contributed by atoms with Crippen LogP contribution in [0.2, 0.25) is 5.02 Å². The van der Waals surface area contributed by atoms with E-state index in [4.69, 9.17) is 16.3 Å². The number of methoxy groups -OCH3 is 1. The molecule has 0 unspecified atom stereocenters. The van der Waals surface area contributed by atoms with Crippen molar-refractivity contribution in [2.24, 2.45) is 5.41 Å². The van der Waals surface area contributed by atoms with Crippen molar-refractivity contribution < 1.29 is 32.3 Å². The van der Waals surface area contributed by atoms with Crippen LogP contribution in [0.1, 0.15) is 41.5 Å². The van der Waals surface area contributed by atoms with E-state index in [1.165, 1.54) is 73.8 Å². The van der Waals surface area contributed by atoms with E-state index < -0.39 is 33.3 Å². The smallest absolute Gasteiger partial charge is 0.337 e. The van der Waals surface area contributed by atoms with Crippen LogP contribution < -0.4 is 14.8 Å². The summed E-state index contributed by atoms with van der Waals surface area (Å²) < 4.78 is 38.3. The summed E-state index contributed by atoms with van der Waals surface area (Å²) in [5, 5.41) is 2.86. The van der Waals surface area contributed by atoms with Crippen LogP contribution in [0.5, 0.6) is 5.75 Å². The molecular weight excluding hydrogens is 520 g/mol. The molecule has 3 rings (SSSR count). The summed E-state index contributed by atoms with van der Waals surface area (Å²) in [4.78, 5) is 36.5. The van der Waals surface area contributed by atoms with Crippen molar-refractivity contribution in [1.29, 1.82) is 0 Å². The van der Waals surface area contributed by atoms with Crippen molar-refractivity contribution in [3.8, 4) is 5.75 Å². The highest BCUT2D eigenvalue weighted by Gasteiger charge is 2.24. The van der Waals surface area contributed by atoms with Gasteiger partial charge in [-0.15, -0.1) is 0 Å². The van der Waals surface area contributed by atoms with Gasteiger partial charge in [0.2, 0.25) is 0 Å². The standard InChI is InChI=1S/C26H25ClN2O7S/c1-26(2,3)25(32)36-19-10-12-20(13-11-19)37(33,34)29-22-14-7-17(27)15-21(22)23(30)28-18-8-5-16(6-9-18)24(31)35-4/h5-15,29H,1-4H3,(H,28,30). The van der Waals surface area contributed by atoms with Crippen LogP contribution in [-0.2, 0) is 19.6 Å². The summed E-state index contributed by atoms with van der Waals surface area (Å²) in [6, 6.07) is 15.4. The molecule has 0 heterocycles. The third kappa shape index (κ3) is 7.08. The molecule has 194 valence electrons. The van der Waals surface area contributed by atoms with Crippen molar-refractivity contribution in [2.45, 2.75) is 25.7 Å². The van der Waals surface area contributed by atoms with Gasteiger partial charge in [-0.1, -0.05) is 11.6 Å². The molecule has 0 bridgehead atoms. The van der Waals surface area contributed by atoms with E-state index in [1.807, 2.05) is 0 Å². The zero-order valence-corrected chi connectivity index (χ0v) is 22.1. The van der Waals surface area contributed by atoms with Gasteiger partial charge in [0.25, 0.3) is 15.9 Å². The predicted octanol–water partition coefficient (Wildman–Crippen LogP) is 5.13. The van der Waals surface area contributed by atoms with Crippen molar-refractivity contribution in [2.75, 3.05) is 17.1 Å². The summed E-state index contributed by atoms with van der Waals surface area (Å²) >= 11 is 6.06. The van der Waals surface area contributed by atoms with Gasteiger partial charge in [0.15, 0.2) is 0 Å². The second-order valence-corrected chi connectivity index (χ2v) is 11.0. The van der Waals surface area contributed by atoms with Crippen molar-refractivity contribution in [3.05, 3.63) is 82.9 Å². The number of hydrogen-bond acceptors (Lipinski definition) is 7. The largest absolute Gasteiger partial charge is 0.465 e. The van der Waals surface area contributed by atoms with Gasteiger partial charge in [-0.2, -0.15) is 0 Å². The van der Waals surface area contributed by atoms with E-state index in [9.17, 15) is 22.8 Å². The number of ether oxygens (including phenoxy) is 2. The molecule has 0 spiro atoms. The summed E-state index contributed by atoms with van der Waals surface area (Å²) in [5.41, 5.74) is -0.0794. The molecule has 3 aromatic carbocycles. The van der Waals surface area contributed by atoms with Gasteiger partial charge in [0.1, 0.15) is 5.75 Å². The molecule has 0 aromatic heterocycles. The summed E-state index contributed by atoms with van der Waals surface area (Å²) in [7, 11) is -2.85. The molecule has 11 heteroatoms. The molecule has 0 saturated heterocycles. The molecule has 3 aromatic rings. The second-order valence-electron chi connectivity index (χ2n) is 8.93. The van der Waals surface area contributed by atoms with Crippen molar-refractivity contribution in [1.82, 2.24) is 0 Å². The Morgan fingerprint density at radius 3 is 2.08 bits per heavy atom. The molecule has 0 fully saturated rings. The van der Waals surface area contributed by atoms with E-state index in [0.717, 1.165) is 0 Å². The minimum atomic E-state index is -4.11. The second kappa shape index (κ2) is 11.0. The van der Waals surface area contributed by atoms with Crippen LogP contribution in [0.15, 0.2) is 71.6 Å². The number of nitrogens with one attached hydrogen (secondary N) is 2. The van der Waals surface area contributed by atoms with Gasteiger partial charge in [-0.05, 0) is 87.5 Å². The highest BCUT2D eigenvalue weighted by molar-refractivity contribution is 7.92. The van der Waals surface area contributed by atoms with Gasteiger partial charge in [-0.25, -0.2) is 13.2 Å². The van der Waals surface area contributed by atoms with E-state index >= 15 is 0 Å². The summed E-state index contributed by atoms with van der Waals surface area (Å²) in [5.74, 6) is -1.41. The number of esters is 2. The fourth-order valence-corrected chi connectivity index (χ4v) is 4.20. The Morgan fingerprint density at radius 2 is 1.51 bits per heavy atom. The van der Waals surface area contributed by atoms with E-state index in [2.05, 4.69) is 14.8 Å². The first-order valence-corrected chi connectivity index (χ1v) is 12.8. The van der Waals surface area contributed by atoms with Gasteiger partial charge in [-0.3, -0.25) is 14.3 Å². The number of rotatable bonds is 7. The number of benzene rings is 3. The molecule has 9 nitrogen and oxygen atoms in total. The lowest BCUT2D eigenvalue weighted by atomic mass is 9.97. The third-order valence-corrected chi connectivity index (χ3v) is 6.61. The summed E-state index contributed by atoms with van der Waals surface area (Å²) in [6.45, 7) is 5.11. The lowest BCUT2D eigenvalue weighted by Gasteiger charge is -2.16. The SMILES string of the molecule is COC(=O)c1ccc(NC(=O)c2cc(Cl)ccc2NS(=O)(=O)c2ccc(OC(=O)C(C)(C)C)cc2)cc1. The van der Waals surface area contributed by atoms with Gasteiger partial charge in [0.05, 0.1) is 34.2 Å². The van der Waals surface area contributed by atoms with E-state index in [1.54, 1.807) is 20.8 Å². The van der Waals surface area contributed by atoms with E-state index in [-0.39, 0.29) is 26.9 Å². The molecule has 0 atom stereocenters. The lowest BCUT2D eigenvalue weighted by Crippen LogP contribution is -2.25. The zero-order valence-electron chi connectivity index (χ0n) is 20.5. The van der Waals surface area contributed by atoms with Crippen LogP contribution >= 0.6 is 11.6 Å². The molecule has 0 aliphatic carbocycles. The number of carbonyl (C=O) groups is 3. The first kappa shape index (κ1) is 27.7. The van der Waals surface area contributed by atoms with Crippen LogP contribution in [0.25, 0.3) is 0 Å². The Labute approximate surface area is 219 Å². The predicted molar refractivity (Wildman–Crippen MR) is 140 cm³/mol. The van der Waals surface area contributed by atoms with Gasteiger partial charge >= 0.3 is 11.9 Å². The van der Waals surface area contributed by atoms with Crippen molar-refractivity contribution in [3.63, 3.8) is 0 Å². The molecule has 0 aliphatic rings. The minimum absolute atomic E-state index is 0.00341. The highest BCUT2D eigenvalue weighted by Crippen LogP contribution is 2.26. The Morgan fingerprint density at radius 1 is 0.892 bits per heavy atom. The highest BCUT2D eigenvalue weighted by atomic mass is 35.5. The molecular formula is C26H25ClN2O7S. The van der Waals surface area contributed by atoms with Crippen LogP contribution in [0, 0.1) is 5.41 Å². The fourth-order valence-electron chi connectivity index (χ4n) is 2.95. The Kier molecular flexibility index (Phi) is 8.25. The number of sulfonamides is 1. The third-order valence-electron chi connectivity index (χ3n) is 4.99. The lowest BCUT2D eigenvalue weighted by molar-refractivity contribution is -0.143. The molecule has 37 heavy (non-hydrogen) atoms. The van der Waals surface area contributed by atoms with Crippen LogP contribution in [0.3, 0.4) is 0 Å². The Bertz CT molecular complexity index is 1430. The fraction of sp³-hybridized carbons (Fsp3) is 0.192. The van der Waals surface area contributed by atoms with Gasteiger partial charge in [0, 0.05) is 10.7 Å². The minimum Gasteiger partial charge on any atom is -0.465 e. The Balaban J connectivity index is 1.80. The normalized spacial score (nSPS) is 11.4. The van der Waals surface area contributed by atoms with Crippen molar-refractivity contribution >= 4 is 50.8 Å². The first-order chi connectivity index (χ1) is 17.3. The number of carbonyl (C=O) groups excluding carboxylic acids is 3. The van der Waals surface area contributed by atoms with Crippen LogP contribution in [-0.4, -0.2) is 33.4 Å². The number of amides is 1. The first-order valence-electron chi connectivity index (χ1n) is 10.9. The molecule has 1 amide bonds. The average molecular weight is 545 g/mol. The number of anilines is 2. The molecule has 0 radical (unpaired) electrons. The summed E-state index contributed by atoms with van der Waals surface area (Å²) in [6.07, 6.45) is 0. The van der Waals surface area contributed by atoms with Gasteiger partial charge < -0.3 is 14.8 Å².